The van der Waals surface area contributed by atoms with Crippen molar-refractivity contribution in [1.29, 1.82) is 0 Å². The van der Waals surface area contributed by atoms with Crippen LogP contribution < -0.4 is 5.56 Å². The largest absolute Gasteiger partial charge is 0.480 e. The van der Waals surface area contributed by atoms with Gasteiger partial charge in [-0.1, -0.05) is 18.2 Å². The Kier molecular flexibility index (Phi) is 3.66. The number of amides is 1. The molecule has 1 aliphatic heterocycles. The maximum atomic E-state index is 12.8. The number of H-pyrrole nitrogens is 1. The zero-order valence-electron chi connectivity index (χ0n) is 11.9. The van der Waals surface area contributed by atoms with E-state index in [-0.39, 0.29) is 11.1 Å². The smallest absolute Gasteiger partial charge is 0.326 e. The lowest BCUT2D eigenvalue weighted by Gasteiger charge is -2.33. The molecule has 22 heavy (non-hydrogen) atoms. The van der Waals surface area contributed by atoms with Gasteiger partial charge in [-0.05, 0) is 25.3 Å². The van der Waals surface area contributed by atoms with Gasteiger partial charge in [-0.2, -0.15) is 0 Å². The quantitative estimate of drug-likeness (QED) is 0.881. The second-order valence-electron chi connectivity index (χ2n) is 5.44. The molecule has 2 heterocycles. The van der Waals surface area contributed by atoms with Crippen molar-refractivity contribution in [3.63, 3.8) is 0 Å². The van der Waals surface area contributed by atoms with Crippen LogP contribution in [0.5, 0.6) is 0 Å². The Balaban J connectivity index is 2.08. The van der Waals surface area contributed by atoms with E-state index in [2.05, 4.69) is 4.98 Å². The first-order chi connectivity index (χ1) is 10.6. The molecule has 114 valence electrons. The summed E-state index contributed by atoms with van der Waals surface area (Å²) in [7, 11) is 0. The Morgan fingerprint density at radius 3 is 2.77 bits per heavy atom. The van der Waals surface area contributed by atoms with Gasteiger partial charge in [-0.15, -0.1) is 0 Å². The van der Waals surface area contributed by atoms with Gasteiger partial charge in [0.05, 0.1) is 5.56 Å². The third-order valence-corrected chi connectivity index (χ3v) is 4.03. The molecule has 0 saturated carbocycles. The molecule has 6 nitrogen and oxygen atoms in total. The Bertz CT molecular complexity index is 796. The predicted molar refractivity (Wildman–Crippen MR) is 80.9 cm³/mol. The van der Waals surface area contributed by atoms with Crippen LogP contribution in [-0.4, -0.2) is 39.5 Å². The van der Waals surface area contributed by atoms with Crippen LogP contribution in [0, 0.1) is 0 Å². The number of para-hydroxylation sites is 1. The lowest BCUT2D eigenvalue weighted by molar-refractivity contribution is -0.143. The number of hydrogen-bond acceptors (Lipinski definition) is 3. The number of fused-ring (bicyclic) bond motifs is 1. The van der Waals surface area contributed by atoms with Gasteiger partial charge < -0.3 is 15.0 Å². The van der Waals surface area contributed by atoms with Crippen molar-refractivity contribution in [3.05, 3.63) is 46.2 Å². The molecule has 0 bridgehead atoms. The van der Waals surface area contributed by atoms with Crippen molar-refractivity contribution in [3.8, 4) is 0 Å². The minimum Gasteiger partial charge on any atom is -0.480 e. The van der Waals surface area contributed by atoms with Crippen molar-refractivity contribution in [2.24, 2.45) is 0 Å². The number of benzene rings is 1. The first kappa shape index (κ1) is 14.3. The molecule has 1 aromatic heterocycles. The van der Waals surface area contributed by atoms with Crippen LogP contribution in [0.3, 0.4) is 0 Å². The summed E-state index contributed by atoms with van der Waals surface area (Å²) in [4.78, 5) is 40.0. The lowest BCUT2D eigenvalue weighted by Crippen LogP contribution is -2.48. The molecule has 1 fully saturated rings. The molecule has 6 heteroatoms. The first-order valence-corrected chi connectivity index (χ1v) is 7.24. The minimum atomic E-state index is -0.998. The SMILES string of the molecule is O=C(O)[C@H]1CCCCN1C(=O)c1cc(=O)[nH]c2ccccc12. The maximum Gasteiger partial charge on any atom is 0.326 e. The van der Waals surface area contributed by atoms with E-state index in [0.717, 1.165) is 12.8 Å². The Morgan fingerprint density at radius 2 is 2.00 bits per heavy atom. The molecule has 2 N–H and O–H groups in total. The minimum absolute atomic E-state index is 0.257. The number of nitrogens with zero attached hydrogens (tertiary/aromatic N) is 1. The van der Waals surface area contributed by atoms with Gasteiger partial charge in [0.2, 0.25) is 5.56 Å². The lowest BCUT2D eigenvalue weighted by atomic mass is 10.00. The molecule has 0 radical (unpaired) electrons. The van der Waals surface area contributed by atoms with Crippen LogP contribution in [-0.2, 0) is 4.79 Å². The highest BCUT2D eigenvalue weighted by Gasteiger charge is 2.33. The third kappa shape index (κ3) is 2.47. The zero-order chi connectivity index (χ0) is 15.7. The number of aliphatic carboxylic acids is 1. The summed E-state index contributed by atoms with van der Waals surface area (Å²) in [5.41, 5.74) is 0.459. The molecule has 1 saturated heterocycles. The summed E-state index contributed by atoms with van der Waals surface area (Å²) < 4.78 is 0. The topological polar surface area (TPSA) is 90.5 Å². The number of likely N-dealkylation sites (tertiary alicyclic amines) is 1. The van der Waals surface area contributed by atoms with Crippen LogP contribution in [0.15, 0.2) is 35.1 Å². The van der Waals surface area contributed by atoms with Crippen molar-refractivity contribution in [2.75, 3.05) is 6.54 Å². The summed E-state index contributed by atoms with van der Waals surface area (Å²) in [6.07, 6.45) is 2.01. The molecule has 1 amide bonds. The van der Waals surface area contributed by atoms with Gasteiger partial charge >= 0.3 is 5.97 Å². The van der Waals surface area contributed by atoms with Gasteiger partial charge in [0.25, 0.3) is 5.91 Å². The summed E-state index contributed by atoms with van der Waals surface area (Å²) in [5.74, 6) is -1.39. The van der Waals surface area contributed by atoms with E-state index in [1.807, 2.05) is 0 Å². The summed E-state index contributed by atoms with van der Waals surface area (Å²) in [6.45, 7) is 0.400. The number of aromatic nitrogens is 1. The van der Waals surface area contributed by atoms with Gasteiger partial charge in [-0.25, -0.2) is 4.79 Å². The highest BCUT2D eigenvalue weighted by atomic mass is 16.4. The number of pyridine rings is 1. The second kappa shape index (κ2) is 5.63. The molecular formula is C16H16N2O4. The van der Waals surface area contributed by atoms with Crippen molar-refractivity contribution < 1.29 is 14.7 Å². The molecule has 3 rings (SSSR count). The van der Waals surface area contributed by atoms with Crippen molar-refractivity contribution in [1.82, 2.24) is 9.88 Å². The van der Waals surface area contributed by atoms with E-state index >= 15 is 0 Å². The van der Waals surface area contributed by atoms with E-state index < -0.39 is 17.9 Å². The molecule has 0 unspecified atom stereocenters. The molecule has 0 spiro atoms. The first-order valence-electron chi connectivity index (χ1n) is 7.24. The number of piperidine rings is 1. The normalized spacial score (nSPS) is 18.4. The number of carbonyl (C=O) groups excluding carboxylic acids is 1. The van der Waals surface area contributed by atoms with Crippen LogP contribution in [0.25, 0.3) is 10.9 Å². The van der Waals surface area contributed by atoms with E-state index in [1.54, 1.807) is 24.3 Å². The molecule has 0 aliphatic carbocycles. The number of nitrogens with one attached hydrogen (secondary N) is 1. The monoisotopic (exact) mass is 300 g/mol. The summed E-state index contributed by atoms with van der Waals surface area (Å²) in [6, 6.07) is 7.45. The van der Waals surface area contributed by atoms with E-state index in [9.17, 15) is 19.5 Å². The van der Waals surface area contributed by atoms with Gasteiger partial charge in [-0.3, -0.25) is 9.59 Å². The van der Waals surface area contributed by atoms with Crippen LogP contribution >= 0.6 is 0 Å². The van der Waals surface area contributed by atoms with Gasteiger partial charge in [0, 0.05) is 23.5 Å². The Hall–Kier alpha value is -2.63. The van der Waals surface area contributed by atoms with Crippen LogP contribution in [0.2, 0.25) is 0 Å². The van der Waals surface area contributed by atoms with Gasteiger partial charge in [0.1, 0.15) is 6.04 Å². The number of hydrogen-bond donors (Lipinski definition) is 2. The molecule has 1 atom stereocenters. The molecule has 2 aromatic rings. The van der Waals surface area contributed by atoms with E-state index in [0.29, 0.717) is 23.9 Å². The number of aromatic amines is 1. The highest BCUT2D eigenvalue weighted by molar-refractivity contribution is 6.07. The average Bonchev–Trinajstić information content (AvgIpc) is 2.53. The fraction of sp³-hybridized carbons (Fsp3) is 0.312. The maximum absolute atomic E-state index is 12.8. The number of carboxylic acid groups (broad SMARTS) is 1. The van der Waals surface area contributed by atoms with Crippen molar-refractivity contribution >= 4 is 22.8 Å². The van der Waals surface area contributed by atoms with Crippen LogP contribution in [0.1, 0.15) is 29.6 Å². The van der Waals surface area contributed by atoms with Crippen LogP contribution in [0.4, 0.5) is 0 Å². The molecule has 1 aliphatic rings. The highest BCUT2D eigenvalue weighted by Crippen LogP contribution is 2.22. The number of carbonyl (C=O) groups is 2. The Labute approximate surface area is 126 Å². The second-order valence-corrected chi connectivity index (χ2v) is 5.44. The summed E-state index contributed by atoms with van der Waals surface area (Å²) >= 11 is 0. The van der Waals surface area contributed by atoms with E-state index in [4.69, 9.17) is 0 Å². The predicted octanol–water partition coefficient (Wildman–Crippen LogP) is 1.61. The van der Waals surface area contributed by atoms with Crippen molar-refractivity contribution in [2.45, 2.75) is 25.3 Å². The number of rotatable bonds is 2. The average molecular weight is 300 g/mol. The zero-order valence-corrected chi connectivity index (χ0v) is 11.9. The van der Waals surface area contributed by atoms with Gasteiger partial charge in [0.15, 0.2) is 0 Å². The Morgan fingerprint density at radius 1 is 1.23 bits per heavy atom. The van der Waals surface area contributed by atoms with E-state index in [1.165, 1.54) is 11.0 Å². The third-order valence-electron chi connectivity index (χ3n) is 4.03. The summed E-state index contributed by atoms with van der Waals surface area (Å²) in [5, 5.41) is 9.94. The molecule has 1 aromatic carbocycles. The molecular weight excluding hydrogens is 284 g/mol. The number of carboxylic acids is 1. The fourth-order valence-corrected chi connectivity index (χ4v) is 2.97. The fourth-order valence-electron chi connectivity index (χ4n) is 2.97. The standard InChI is InChI=1S/C16H16N2O4/c19-14-9-11(10-5-1-2-6-12(10)17-14)15(20)18-8-4-3-7-13(18)16(21)22/h1-2,5-6,9,13H,3-4,7-8H2,(H,17,19)(H,21,22)/t13-/m1/s1.